The van der Waals surface area contributed by atoms with Crippen molar-refractivity contribution in [2.24, 2.45) is 0 Å². The first-order valence-electron chi connectivity index (χ1n) is 8.45. The highest BCUT2D eigenvalue weighted by molar-refractivity contribution is 7.88. The van der Waals surface area contributed by atoms with Gasteiger partial charge in [0.15, 0.2) is 5.69 Å². The fraction of sp³-hybridized carbons (Fsp3) is 0.0556. The van der Waals surface area contributed by atoms with Crippen LogP contribution in [0, 0.1) is 0 Å². The van der Waals surface area contributed by atoms with Gasteiger partial charge in [-0.25, -0.2) is 15.0 Å². The van der Waals surface area contributed by atoms with Gasteiger partial charge in [0.05, 0.1) is 26.3 Å². The Kier molecular flexibility index (Phi) is 5.75. The van der Waals surface area contributed by atoms with E-state index in [1.165, 1.54) is 47.4 Å². The van der Waals surface area contributed by atoms with Crippen LogP contribution >= 0.6 is 34.5 Å². The second kappa shape index (κ2) is 8.12. The van der Waals surface area contributed by atoms with Crippen LogP contribution in [-0.2, 0) is 16.3 Å². The Balaban J connectivity index is 1.80. The van der Waals surface area contributed by atoms with E-state index in [0.717, 1.165) is 17.4 Å². The Morgan fingerprint density at radius 3 is 2.38 bits per heavy atom. The van der Waals surface area contributed by atoms with Crippen LogP contribution < -0.4 is 0 Å². The molecule has 3 heterocycles. The van der Waals surface area contributed by atoms with Gasteiger partial charge >= 0.3 is 16.3 Å². The van der Waals surface area contributed by atoms with E-state index in [-0.39, 0.29) is 31.6 Å². The van der Waals surface area contributed by atoms with Crippen LogP contribution in [0.3, 0.4) is 0 Å². The van der Waals surface area contributed by atoms with Gasteiger partial charge in [-0.15, -0.1) is 11.3 Å². The van der Waals surface area contributed by atoms with E-state index in [0.29, 0.717) is 10.4 Å². The first-order chi connectivity index (χ1) is 14.9. The lowest BCUT2D eigenvalue weighted by Gasteiger charge is -2.11. The molecule has 14 heteroatoms. The van der Waals surface area contributed by atoms with E-state index in [9.17, 15) is 21.6 Å². The lowest BCUT2D eigenvalue weighted by molar-refractivity contribution is -0.141. The highest BCUT2D eigenvalue weighted by Crippen LogP contribution is 2.34. The van der Waals surface area contributed by atoms with Crippen molar-refractivity contribution in [3.8, 4) is 27.8 Å². The fourth-order valence-corrected chi connectivity index (χ4v) is 4.58. The Bertz CT molecular complexity index is 1440. The van der Waals surface area contributed by atoms with Crippen LogP contribution in [0.1, 0.15) is 5.69 Å². The number of thiophene rings is 1. The number of alkyl halides is 3. The number of hydrogen-bond donors (Lipinski definition) is 1. The van der Waals surface area contributed by atoms with Gasteiger partial charge < -0.3 is 0 Å². The Morgan fingerprint density at radius 1 is 1.00 bits per heavy atom. The van der Waals surface area contributed by atoms with Gasteiger partial charge in [-0.2, -0.15) is 21.6 Å². The predicted molar refractivity (Wildman–Crippen MR) is 113 cm³/mol. The molecular weight excluding hydrogens is 512 g/mol. The zero-order valence-corrected chi connectivity index (χ0v) is 18.5. The normalized spacial score (nSPS) is 12.3. The smallest absolute Gasteiger partial charge is 0.281 e. The minimum absolute atomic E-state index is 0.0408. The SMILES string of the molecule is O=S(=O)(O)c1ccc(-c2cn(-c3nc(-c4ccc(Cl)c(Cl)c4)cc(C(F)(F)F)n3)cn2)s1. The molecule has 3 aromatic heterocycles. The van der Waals surface area contributed by atoms with Crippen molar-refractivity contribution in [3.63, 3.8) is 0 Å². The van der Waals surface area contributed by atoms with Gasteiger partial charge in [-0.3, -0.25) is 9.12 Å². The molecule has 0 aliphatic heterocycles. The van der Waals surface area contributed by atoms with Gasteiger partial charge in [-0.05, 0) is 30.3 Å². The van der Waals surface area contributed by atoms with Crippen LogP contribution in [0.25, 0.3) is 27.8 Å². The molecule has 0 atom stereocenters. The molecule has 4 rings (SSSR count). The number of halogens is 5. The van der Waals surface area contributed by atoms with Crippen LogP contribution in [0.4, 0.5) is 13.2 Å². The summed E-state index contributed by atoms with van der Waals surface area (Å²) < 4.78 is 72.9. The number of imidazole rings is 1. The van der Waals surface area contributed by atoms with Gasteiger partial charge in [0, 0.05) is 11.8 Å². The molecule has 0 saturated heterocycles. The summed E-state index contributed by atoms with van der Waals surface area (Å²) in [6.07, 6.45) is -2.21. The Hall–Kier alpha value is -2.51. The molecule has 1 N–H and O–H groups in total. The van der Waals surface area contributed by atoms with Crippen LogP contribution in [0.5, 0.6) is 0 Å². The highest BCUT2D eigenvalue weighted by Gasteiger charge is 2.34. The molecule has 0 bridgehead atoms. The van der Waals surface area contributed by atoms with Crippen LogP contribution in [-0.4, -0.2) is 32.5 Å². The average molecular weight is 521 g/mol. The topological polar surface area (TPSA) is 98.0 Å². The largest absolute Gasteiger partial charge is 0.433 e. The molecule has 4 aromatic rings. The van der Waals surface area contributed by atoms with Crippen molar-refractivity contribution in [3.05, 3.63) is 64.7 Å². The van der Waals surface area contributed by atoms with Crippen LogP contribution in [0.15, 0.2) is 53.1 Å². The standard InChI is InChI=1S/C18H9Cl2F3N4O3S2/c19-10-2-1-9(5-11(10)20)12-6-15(18(21,22)23)26-17(25-12)27-7-13(24-8-27)14-3-4-16(31-14)32(28,29)30/h1-8H,(H,28,29,30). The average Bonchev–Trinajstić information content (AvgIpc) is 3.38. The fourth-order valence-electron chi connectivity index (χ4n) is 2.65. The van der Waals surface area contributed by atoms with Crippen molar-refractivity contribution in [1.82, 2.24) is 19.5 Å². The number of nitrogens with zero attached hydrogens (tertiary/aromatic N) is 4. The molecule has 7 nitrogen and oxygen atoms in total. The minimum Gasteiger partial charge on any atom is -0.281 e. The summed E-state index contributed by atoms with van der Waals surface area (Å²) in [6, 6.07) is 7.69. The van der Waals surface area contributed by atoms with E-state index < -0.39 is 22.0 Å². The second-order valence-electron chi connectivity index (χ2n) is 6.32. The maximum absolute atomic E-state index is 13.5. The summed E-state index contributed by atoms with van der Waals surface area (Å²) in [7, 11) is -4.39. The van der Waals surface area contributed by atoms with E-state index in [1.54, 1.807) is 0 Å². The molecule has 0 saturated carbocycles. The van der Waals surface area contributed by atoms with Gasteiger partial charge in [0.25, 0.3) is 0 Å². The molecule has 0 radical (unpaired) electrons. The summed E-state index contributed by atoms with van der Waals surface area (Å²) in [4.78, 5) is 12.2. The molecule has 0 fully saturated rings. The molecule has 32 heavy (non-hydrogen) atoms. The summed E-state index contributed by atoms with van der Waals surface area (Å²) in [6.45, 7) is 0. The molecule has 0 spiro atoms. The van der Waals surface area contributed by atoms with Crippen molar-refractivity contribution in [2.75, 3.05) is 0 Å². The van der Waals surface area contributed by atoms with E-state index in [1.807, 2.05) is 0 Å². The van der Waals surface area contributed by atoms with Crippen molar-refractivity contribution >= 4 is 44.7 Å². The van der Waals surface area contributed by atoms with Gasteiger partial charge in [-0.1, -0.05) is 29.3 Å². The molecular formula is C18H9Cl2F3N4O3S2. The van der Waals surface area contributed by atoms with E-state index in [4.69, 9.17) is 27.8 Å². The van der Waals surface area contributed by atoms with E-state index in [2.05, 4.69) is 15.0 Å². The summed E-state index contributed by atoms with van der Waals surface area (Å²) in [5.41, 5.74) is -0.670. The Morgan fingerprint density at radius 2 is 1.75 bits per heavy atom. The van der Waals surface area contributed by atoms with E-state index >= 15 is 0 Å². The number of aromatic nitrogens is 4. The second-order valence-corrected chi connectivity index (χ2v) is 9.87. The lowest BCUT2D eigenvalue weighted by atomic mass is 10.1. The molecule has 0 aliphatic rings. The first kappa shape index (κ1) is 22.7. The molecule has 1 aromatic carbocycles. The third-order valence-corrected chi connectivity index (χ3v) is 7.29. The summed E-state index contributed by atoms with van der Waals surface area (Å²) in [5, 5.41) is 0.385. The van der Waals surface area contributed by atoms with Crippen LogP contribution in [0.2, 0.25) is 10.0 Å². The first-order valence-corrected chi connectivity index (χ1v) is 11.5. The monoisotopic (exact) mass is 520 g/mol. The highest BCUT2D eigenvalue weighted by atomic mass is 35.5. The zero-order valence-electron chi connectivity index (χ0n) is 15.4. The maximum Gasteiger partial charge on any atom is 0.433 e. The van der Waals surface area contributed by atoms with Crippen molar-refractivity contribution < 1.29 is 26.1 Å². The summed E-state index contributed by atoms with van der Waals surface area (Å²) >= 11 is 12.6. The third-order valence-electron chi connectivity index (χ3n) is 4.12. The number of hydrogen-bond acceptors (Lipinski definition) is 6. The van der Waals surface area contributed by atoms with Gasteiger partial charge in [0.2, 0.25) is 5.95 Å². The predicted octanol–water partition coefficient (Wildman–Crippen LogP) is 5.63. The third kappa shape index (κ3) is 4.64. The molecule has 0 amide bonds. The quantitative estimate of drug-likeness (QED) is 0.350. The van der Waals surface area contributed by atoms with Gasteiger partial charge in [0.1, 0.15) is 10.5 Å². The summed E-state index contributed by atoms with van der Waals surface area (Å²) in [5.74, 6) is -0.314. The molecule has 0 unspecified atom stereocenters. The number of benzene rings is 1. The molecule has 0 aliphatic carbocycles. The Labute approximate surface area is 192 Å². The lowest BCUT2D eigenvalue weighted by Crippen LogP contribution is -2.12. The van der Waals surface area contributed by atoms with Crippen molar-refractivity contribution in [1.29, 1.82) is 0 Å². The van der Waals surface area contributed by atoms with Crippen molar-refractivity contribution in [2.45, 2.75) is 10.4 Å². The number of rotatable bonds is 4. The molecule has 166 valence electrons. The maximum atomic E-state index is 13.5. The zero-order chi connectivity index (χ0) is 23.3. The minimum atomic E-state index is -4.75.